The second-order valence-corrected chi connectivity index (χ2v) is 3.53. The molecule has 0 N–H and O–H groups in total. The molecular formula is C12H18N2. The fourth-order valence-corrected chi connectivity index (χ4v) is 1.69. The molecule has 0 aromatic heterocycles. The first-order valence-electron chi connectivity index (χ1n) is 4.38. The molecule has 76 valence electrons. The molecule has 0 radical (unpaired) electrons. The molecule has 0 bridgehead atoms. The maximum atomic E-state index is 4.01. The van der Waals surface area contributed by atoms with Crippen molar-refractivity contribution in [3.63, 3.8) is 0 Å². The van der Waals surface area contributed by atoms with Crippen molar-refractivity contribution in [2.24, 2.45) is 0 Å². The van der Waals surface area contributed by atoms with Crippen molar-refractivity contribution in [1.82, 2.24) is 0 Å². The Morgan fingerprint density at radius 3 is 2.29 bits per heavy atom. The number of hydrogen-bond donors (Lipinski definition) is 0. The summed E-state index contributed by atoms with van der Waals surface area (Å²) in [5.74, 6) is 1.03. The lowest BCUT2D eigenvalue weighted by Gasteiger charge is -2.15. The Kier molecular flexibility index (Phi) is 2.56. The zero-order valence-corrected chi connectivity index (χ0v) is 8.33. The minimum atomic E-state index is 0. The van der Waals surface area contributed by atoms with Gasteiger partial charge in [-0.2, -0.15) is 0 Å². The van der Waals surface area contributed by atoms with E-state index in [1.54, 1.807) is 0 Å². The van der Waals surface area contributed by atoms with Crippen LogP contribution >= 0.6 is 0 Å². The van der Waals surface area contributed by atoms with Crippen LogP contribution in [0.1, 0.15) is 13.0 Å². The molecule has 0 amide bonds. The normalized spacial score (nSPS) is 14.1. The molecule has 1 aromatic rings. The molecular weight excluding hydrogens is 172 g/mol. The number of fused-ring (bicyclic) bond motifs is 1. The Labute approximate surface area is 86.5 Å². The molecule has 1 aromatic carbocycles. The third-order valence-corrected chi connectivity index (χ3v) is 2.63. The van der Waals surface area contributed by atoms with E-state index in [9.17, 15) is 0 Å². The van der Waals surface area contributed by atoms with Gasteiger partial charge in [-0.1, -0.05) is 20.1 Å². The van der Waals surface area contributed by atoms with E-state index in [2.05, 4.69) is 41.5 Å². The minimum Gasteiger partial charge on any atom is -0.330 e. The number of aryl methyl sites for hydroxylation is 1. The second kappa shape index (κ2) is 3.37. The molecule has 1 heterocycles. The predicted molar refractivity (Wildman–Crippen MR) is 63.9 cm³/mol. The van der Waals surface area contributed by atoms with E-state index >= 15 is 0 Å². The summed E-state index contributed by atoms with van der Waals surface area (Å²) < 4.78 is 0. The predicted octanol–water partition coefficient (Wildman–Crippen LogP) is 2.99. The monoisotopic (exact) mass is 190 g/mol. The van der Waals surface area contributed by atoms with E-state index in [1.165, 1.54) is 16.9 Å². The summed E-state index contributed by atoms with van der Waals surface area (Å²) in [6, 6.07) is 6.45. The van der Waals surface area contributed by atoms with Crippen LogP contribution < -0.4 is 9.80 Å². The first-order chi connectivity index (χ1) is 6.11. The third-order valence-electron chi connectivity index (χ3n) is 2.63. The third kappa shape index (κ3) is 1.27. The van der Waals surface area contributed by atoms with Crippen LogP contribution in [-0.2, 0) is 0 Å². The minimum absolute atomic E-state index is 0. The van der Waals surface area contributed by atoms with Crippen LogP contribution in [0.25, 0.3) is 0 Å². The average Bonchev–Trinajstić information content (AvgIpc) is 2.32. The molecule has 0 spiro atoms. The van der Waals surface area contributed by atoms with Gasteiger partial charge in [0, 0.05) is 14.1 Å². The summed E-state index contributed by atoms with van der Waals surface area (Å²) >= 11 is 0. The van der Waals surface area contributed by atoms with Gasteiger partial charge in [0.05, 0.1) is 11.4 Å². The Bertz CT molecular complexity index is 369. The molecule has 0 saturated carbocycles. The Balaban J connectivity index is 0.000000980. The van der Waals surface area contributed by atoms with Gasteiger partial charge in [0.1, 0.15) is 5.82 Å². The van der Waals surface area contributed by atoms with Gasteiger partial charge in [-0.25, -0.2) is 0 Å². The fraction of sp³-hybridized carbons (Fsp3) is 0.333. The summed E-state index contributed by atoms with van der Waals surface area (Å²) in [7, 11) is 4.09. The van der Waals surface area contributed by atoms with Crippen molar-refractivity contribution in [3.05, 3.63) is 36.2 Å². The molecule has 0 saturated heterocycles. The van der Waals surface area contributed by atoms with E-state index in [-0.39, 0.29) is 7.43 Å². The Morgan fingerprint density at radius 1 is 1.07 bits per heavy atom. The second-order valence-electron chi connectivity index (χ2n) is 3.53. The molecule has 0 atom stereocenters. The lowest BCUT2D eigenvalue weighted by Crippen LogP contribution is -2.20. The highest BCUT2D eigenvalue weighted by Crippen LogP contribution is 2.38. The molecule has 14 heavy (non-hydrogen) atoms. The molecule has 0 aliphatic carbocycles. The van der Waals surface area contributed by atoms with Crippen LogP contribution in [-0.4, -0.2) is 14.1 Å². The van der Waals surface area contributed by atoms with Gasteiger partial charge >= 0.3 is 0 Å². The van der Waals surface area contributed by atoms with Crippen molar-refractivity contribution in [2.75, 3.05) is 23.9 Å². The van der Waals surface area contributed by atoms with Crippen molar-refractivity contribution < 1.29 is 0 Å². The highest BCUT2D eigenvalue weighted by Gasteiger charge is 2.23. The Morgan fingerprint density at radius 2 is 1.64 bits per heavy atom. The van der Waals surface area contributed by atoms with E-state index in [4.69, 9.17) is 0 Å². The maximum Gasteiger partial charge on any atom is 0.105 e. The van der Waals surface area contributed by atoms with Crippen molar-refractivity contribution in [2.45, 2.75) is 14.4 Å². The van der Waals surface area contributed by atoms with E-state index < -0.39 is 0 Å². The number of hydrogen-bond acceptors (Lipinski definition) is 2. The van der Waals surface area contributed by atoms with Gasteiger partial charge in [0.25, 0.3) is 0 Å². The molecule has 1 aliphatic heterocycles. The van der Waals surface area contributed by atoms with Crippen LogP contribution in [0.15, 0.2) is 30.6 Å². The maximum absolute atomic E-state index is 4.01. The molecule has 2 heteroatoms. The van der Waals surface area contributed by atoms with E-state index in [0.717, 1.165) is 5.82 Å². The van der Waals surface area contributed by atoms with Crippen LogP contribution in [0.4, 0.5) is 11.4 Å². The fourth-order valence-electron chi connectivity index (χ4n) is 1.69. The van der Waals surface area contributed by atoms with Crippen LogP contribution in [0.2, 0.25) is 0 Å². The molecule has 0 unspecified atom stereocenters. The van der Waals surface area contributed by atoms with Gasteiger partial charge in [0.2, 0.25) is 0 Å². The SMILES string of the molecule is C.C=C1N(C)c2ccc(C)cc2N1C. The summed E-state index contributed by atoms with van der Waals surface area (Å²) in [6.07, 6.45) is 0. The zero-order valence-electron chi connectivity index (χ0n) is 8.33. The highest BCUT2D eigenvalue weighted by molar-refractivity contribution is 5.81. The smallest absolute Gasteiger partial charge is 0.105 e. The first kappa shape index (κ1) is 10.6. The van der Waals surface area contributed by atoms with Crippen LogP contribution in [0.3, 0.4) is 0 Å². The van der Waals surface area contributed by atoms with Gasteiger partial charge in [0.15, 0.2) is 0 Å². The number of rotatable bonds is 0. The standard InChI is InChI=1S/C11H14N2.CH4/c1-8-5-6-10-11(7-8)13(4)9(2)12(10)3;/h5-7H,2H2,1,3-4H3;1H4. The summed E-state index contributed by atoms with van der Waals surface area (Å²) in [5, 5.41) is 0. The summed E-state index contributed by atoms with van der Waals surface area (Å²) in [5.41, 5.74) is 3.76. The topological polar surface area (TPSA) is 6.48 Å². The zero-order chi connectivity index (χ0) is 9.59. The average molecular weight is 190 g/mol. The van der Waals surface area contributed by atoms with Gasteiger partial charge in [-0.3, -0.25) is 0 Å². The number of benzene rings is 1. The molecule has 0 fully saturated rings. The van der Waals surface area contributed by atoms with Gasteiger partial charge in [-0.05, 0) is 24.6 Å². The van der Waals surface area contributed by atoms with Gasteiger partial charge in [-0.15, -0.1) is 0 Å². The summed E-state index contributed by atoms with van der Waals surface area (Å²) in [6.45, 7) is 6.12. The molecule has 2 nitrogen and oxygen atoms in total. The number of anilines is 2. The van der Waals surface area contributed by atoms with E-state index in [0.29, 0.717) is 0 Å². The number of nitrogens with zero attached hydrogens (tertiary/aromatic N) is 2. The first-order valence-corrected chi connectivity index (χ1v) is 4.38. The highest BCUT2D eigenvalue weighted by atomic mass is 15.4. The molecule has 1 aliphatic rings. The van der Waals surface area contributed by atoms with Crippen molar-refractivity contribution in [3.8, 4) is 0 Å². The van der Waals surface area contributed by atoms with Crippen LogP contribution in [0.5, 0.6) is 0 Å². The molecule has 2 rings (SSSR count). The Hall–Kier alpha value is -1.44. The lowest BCUT2D eigenvalue weighted by atomic mass is 10.2. The quantitative estimate of drug-likeness (QED) is 0.620. The van der Waals surface area contributed by atoms with E-state index in [1.807, 2.05) is 14.1 Å². The van der Waals surface area contributed by atoms with Crippen LogP contribution in [0, 0.1) is 6.92 Å². The van der Waals surface area contributed by atoms with Crippen molar-refractivity contribution in [1.29, 1.82) is 0 Å². The van der Waals surface area contributed by atoms with Crippen molar-refractivity contribution >= 4 is 11.4 Å². The lowest BCUT2D eigenvalue weighted by molar-refractivity contribution is 1.06. The largest absolute Gasteiger partial charge is 0.330 e. The summed E-state index contributed by atoms with van der Waals surface area (Å²) in [4.78, 5) is 4.22. The van der Waals surface area contributed by atoms with Gasteiger partial charge < -0.3 is 9.80 Å².